The maximum absolute atomic E-state index is 13.8. The fraction of sp³-hybridized carbons (Fsp3) is 0.192. The molecule has 6 nitrogen and oxygen atoms in total. The Labute approximate surface area is 203 Å². The summed E-state index contributed by atoms with van der Waals surface area (Å²) in [4.78, 5) is 11.6. The van der Waals surface area contributed by atoms with Gasteiger partial charge < -0.3 is 9.84 Å². The quantitative estimate of drug-likeness (QED) is 0.341. The molecule has 34 heavy (non-hydrogen) atoms. The lowest BCUT2D eigenvalue weighted by Gasteiger charge is -2.14. The van der Waals surface area contributed by atoms with E-state index in [-0.39, 0.29) is 28.5 Å². The van der Waals surface area contributed by atoms with Crippen molar-refractivity contribution in [1.29, 1.82) is 0 Å². The molecule has 0 atom stereocenters. The van der Waals surface area contributed by atoms with Crippen LogP contribution >= 0.6 is 11.6 Å². The van der Waals surface area contributed by atoms with Crippen molar-refractivity contribution in [2.45, 2.75) is 31.1 Å². The van der Waals surface area contributed by atoms with E-state index in [4.69, 9.17) is 16.3 Å². The second kappa shape index (κ2) is 9.16. The standard InChI is InChI=1S/C26H24ClNO5S/c1-16(2)18-5-8-22(9-6-18)34(31,32)28-21(15-19-14-20(27)7-11-24(19)28)12-17-4-10-23(26(29)30)25(13-17)33-3/h4-11,13-16H,12H2,1-3H3,(H,29,30). The molecule has 0 fully saturated rings. The van der Waals surface area contributed by atoms with Gasteiger partial charge in [0.25, 0.3) is 10.0 Å². The highest BCUT2D eigenvalue weighted by molar-refractivity contribution is 7.90. The summed E-state index contributed by atoms with van der Waals surface area (Å²) in [5.74, 6) is -0.604. The van der Waals surface area contributed by atoms with E-state index in [2.05, 4.69) is 13.8 Å². The molecule has 0 unspecified atom stereocenters. The van der Waals surface area contributed by atoms with Crippen LogP contribution in [0.4, 0.5) is 0 Å². The van der Waals surface area contributed by atoms with Gasteiger partial charge in [-0.05, 0) is 65.6 Å². The lowest BCUT2D eigenvalue weighted by atomic mass is 10.0. The van der Waals surface area contributed by atoms with E-state index in [1.54, 1.807) is 48.5 Å². The second-order valence-electron chi connectivity index (χ2n) is 8.35. The van der Waals surface area contributed by atoms with Crippen molar-refractivity contribution in [3.63, 3.8) is 0 Å². The number of methoxy groups -OCH3 is 1. The molecule has 1 aromatic heterocycles. The van der Waals surface area contributed by atoms with Gasteiger partial charge in [-0.15, -0.1) is 0 Å². The van der Waals surface area contributed by atoms with E-state index in [0.29, 0.717) is 27.2 Å². The Kier molecular flexibility index (Phi) is 6.43. The third-order valence-electron chi connectivity index (χ3n) is 5.76. The average Bonchev–Trinajstić information content (AvgIpc) is 3.16. The molecule has 3 aromatic carbocycles. The molecule has 0 bridgehead atoms. The number of carbonyl (C=O) groups is 1. The molecule has 0 saturated carbocycles. The number of hydrogen-bond donors (Lipinski definition) is 1. The van der Waals surface area contributed by atoms with Crippen molar-refractivity contribution in [2.75, 3.05) is 7.11 Å². The van der Waals surface area contributed by atoms with Crippen LogP contribution in [0.1, 0.15) is 46.9 Å². The van der Waals surface area contributed by atoms with E-state index >= 15 is 0 Å². The second-order valence-corrected chi connectivity index (χ2v) is 10.6. The molecular weight excluding hydrogens is 474 g/mol. The number of benzene rings is 3. The van der Waals surface area contributed by atoms with Gasteiger partial charge in [0.15, 0.2) is 0 Å². The molecule has 0 radical (unpaired) electrons. The van der Waals surface area contributed by atoms with Crippen molar-refractivity contribution >= 4 is 38.5 Å². The Hall–Kier alpha value is -3.29. The molecule has 0 amide bonds. The molecule has 0 aliphatic rings. The van der Waals surface area contributed by atoms with E-state index in [1.165, 1.54) is 17.1 Å². The summed E-state index contributed by atoms with van der Waals surface area (Å²) in [5, 5.41) is 10.5. The zero-order valence-corrected chi connectivity index (χ0v) is 20.5. The summed E-state index contributed by atoms with van der Waals surface area (Å²) in [6, 6.07) is 18.5. The Balaban J connectivity index is 1.86. The number of nitrogens with zero attached hydrogens (tertiary/aromatic N) is 1. The summed E-state index contributed by atoms with van der Waals surface area (Å²) in [6.45, 7) is 4.10. The molecule has 0 spiro atoms. The molecule has 176 valence electrons. The van der Waals surface area contributed by atoms with Crippen molar-refractivity contribution in [3.8, 4) is 5.75 Å². The zero-order chi connectivity index (χ0) is 24.6. The van der Waals surface area contributed by atoms with Gasteiger partial charge >= 0.3 is 5.97 Å². The molecule has 4 aromatic rings. The fourth-order valence-electron chi connectivity index (χ4n) is 3.99. The Morgan fingerprint density at radius 2 is 1.74 bits per heavy atom. The summed E-state index contributed by atoms with van der Waals surface area (Å²) in [7, 11) is -2.52. The van der Waals surface area contributed by atoms with E-state index < -0.39 is 16.0 Å². The number of hydrogen-bond acceptors (Lipinski definition) is 4. The Bertz CT molecular complexity index is 1490. The van der Waals surface area contributed by atoms with Crippen molar-refractivity contribution in [1.82, 2.24) is 3.97 Å². The Morgan fingerprint density at radius 1 is 1.03 bits per heavy atom. The number of aromatic nitrogens is 1. The van der Waals surface area contributed by atoms with Gasteiger partial charge in [-0.1, -0.05) is 43.6 Å². The SMILES string of the molecule is COc1cc(Cc2cc3cc(Cl)ccc3n2S(=O)(=O)c2ccc(C(C)C)cc2)ccc1C(=O)O. The van der Waals surface area contributed by atoms with Crippen LogP contribution in [0.2, 0.25) is 5.02 Å². The van der Waals surface area contributed by atoms with Crippen LogP contribution in [0.3, 0.4) is 0 Å². The van der Waals surface area contributed by atoms with Crippen LogP contribution in [0.25, 0.3) is 10.9 Å². The van der Waals surface area contributed by atoms with E-state index in [0.717, 1.165) is 5.56 Å². The van der Waals surface area contributed by atoms with Gasteiger partial charge in [-0.25, -0.2) is 17.2 Å². The molecule has 8 heteroatoms. The zero-order valence-electron chi connectivity index (χ0n) is 18.9. The summed E-state index contributed by atoms with van der Waals surface area (Å²) >= 11 is 6.17. The first-order valence-corrected chi connectivity index (χ1v) is 12.5. The monoisotopic (exact) mass is 497 g/mol. The topological polar surface area (TPSA) is 85.6 Å². The minimum absolute atomic E-state index is 0.0384. The molecule has 0 aliphatic heterocycles. The van der Waals surface area contributed by atoms with E-state index in [1.807, 2.05) is 12.1 Å². The van der Waals surface area contributed by atoms with Gasteiger partial charge in [0.2, 0.25) is 0 Å². The van der Waals surface area contributed by atoms with Crippen LogP contribution in [-0.4, -0.2) is 30.6 Å². The number of fused-ring (bicyclic) bond motifs is 1. The number of aromatic carboxylic acids is 1. The van der Waals surface area contributed by atoms with Gasteiger partial charge in [-0.2, -0.15) is 0 Å². The largest absolute Gasteiger partial charge is 0.496 e. The highest BCUT2D eigenvalue weighted by Crippen LogP contribution is 2.31. The van der Waals surface area contributed by atoms with E-state index in [9.17, 15) is 18.3 Å². The average molecular weight is 498 g/mol. The number of halogens is 1. The number of carboxylic acid groups (broad SMARTS) is 1. The number of rotatable bonds is 7. The third kappa shape index (κ3) is 4.41. The maximum atomic E-state index is 13.8. The first-order valence-electron chi connectivity index (χ1n) is 10.7. The van der Waals surface area contributed by atoms with Gasteiger partial charge in [0, 0.05) is 22.5 Å². The van der Waals surface area contributed by atoms with Crippen LogP contribution in [0, 0.1) is 0 Å². The first-order chi connectivity index (χ1) is 16.1. The molecule has 4 rings (SSSR count). The van der Waals surface area contributed by atoms with Gasteiger partial charge in [-0.3, -0.25) is 0 Å². The minimum atomic E-state index is -3.92. The normalized spacial score (nSPS) is 11.8. The summed E-state index contributed by atoms with van der Waals surface area (Å²) < 4.78 is 34.1. The highest BCUT2D eigenvalue weighted by atomic mass is 35.5. The van der Waals surface area contributed by atoms with Crippen molar-refractivity contribution in [3.05, 3.63) is 94.1 Å². The van der Waals surface area contributed by atoms with Crippen molar-refractivity contribution in [2.24, 2.45) is 0 Å². The number of ether oxygens (including phenoxy) is 1. The Morgan fingerprint density at radius 3 is 2.35 bits per heavy atom. The van der Waals surface area contributed by atoms with Crippen LogP contribution in [0.5, 0.6) is 5.75 Å². The maximum Gasteiger partial charge on any atom is 0.339 e. The minimum Gasteiger partial charge on any atom is -0.496 e. The lowest BCUT2D eigenvalue weighted by molar-refractivity contribution is 0.0693. The molecule has 0 saturated heterocycles. The van der Waals surface area contributed by atoms with Gasteiger partial charge in [0.1, 0.15) is 11.3 Å². The van der Waals surface area contributed by atoms with Crippen LogP contribution in [-0.2, 0) is 16.4 Å². The fourth-order valence-corrected chi connectivity index (χ4v) is 5.71. The predicted octanol–water partition coefficient (Wildman–Crippen LogP) is 5.95. The van der Waals surface area contributed by atoms with Crippen LogP contribution in [0.15, 0.2) is 71.6 Å². The van der Waals surface area contributed by atoms with Crippen molar-refractivity contribution < 1.29 is 23.1 Å². The smallest absolute Gasteiger partial charge is 0.339 e. The van der Waals surface area contributed by atoms with Crippen LogP contribution < -0.4 is 4.74 Å². The summed E-state index contributed by atoms with van der Waals surface area (Å²) in [5.41, 5.74) is 2.84. The molecule has 0 aliphatic carbocycles. The van der Waals surface area contributed by atoms with Gasteiger partial charge in [0.05, 0.1) is 17.5 Å². The lowest BCUT2D eigenvalue weighted by Crippen LogP contribution is -2.16. The highest BCUT2D eigenvalue weighted by Gasteiger charge is 2.24. The summed E-state index contributed by atoms with van der Waals surface area (Å²) in [6.07, 6.45) is 0.242. The molecular formula is C26H24ClNO5S. The third-order valence-corrected chi connectivity index (χ3v) is 7.77. The number of carboxylic acids is 1. The molecule has 1 heterocycles. The molecule has 1 N–H and O–H groups in total. The predicted molar refractivity (Wildman–Crippen MR) is 133 cm³/mol. The first kappa shape index (κ1) is 23.9.